The molecule has 1 aliphatic rings. The summed E-state index contributed by atoms with van der Waals surface area (Å²) < 4.78 is 11.1. The maximum Gasteiger partial charge on any atom is 0.240 e. The third-order valence-corrected chi connectivity index (χ3v) is 4.80. The van der Waals surface area contributed by atoms with Crippen molar-refractivity contribution in [2.24, 2.45) is 11.1 Å². The van der Waals surface area contributed by atoms with Gasteiger partial charge in [-0.3, -0.25) is 4.79 Å². The second-order valence-corrected chi connectivity index (χ2v) is 6.70. The summed E-state index contributed by atoms with van der Waals surface area (Å²) in [6.45, 7) is 7.15. The molecule has 1 aliphatic carbocycles. The van der Waals surface area contributed by atoms with Crippen LogP contribution in [0.1, 0.15) is 27.2 Å². The molecule has 0 aliphatic heterocycles. The third kappa shape index (κ3) is 3.59. The molecule has 0 aromatic carbocycles. The van der Waals surface area contributed by atoms with Crippen LogP contribution >= 0.6 is 11.6 Å². The van der Waals surface area contributed by atoms with Crippen molar-refractivity contribution in [3.05, 3.63) is 23.4 Å². The van der Waals surface area contributed by atoms with Crippen molar-refractivity contribution in [2.75, 3.05) is 19.8 Å². The highest BCUT2D eigenvalue weighted by molar-refractivity contribution is 6.30. The van der Waals surface area contributed by atoms with E-state index in [2.05, 4.69) is 10.3 Å². The zero-order chi connectivity index (χ0) is 17.1. The Morgan fingerprint density at radius 3 is 2.83 bits per heavy atom. The summed E-state index contributed by atoms with van der Waals surface area (Å²) in [5, 5.41) is 3.37. The maximum absolute atomic E-state index is 12.4. The summed E-state index contributed by atoms with van der Waals surface area (Å²) in [6, 6.07) is 3.37. The number of hydrogen-bond donors (Lipinski definition) is 2. The van der Waals surface area contributed by atoms with Crippen molar-refractivity contribution in [2.45, 2.75) is 38.8 Å². The maximum atomic E-state index is 12.4. The van der Waals surface area contributed by atoms with Gasteiger partial charge in [0.2, 0.25) is 11.8 Å². The van der Waals surface area contributed by atoms with Crippen LogP contribution in [0.5, 0.6) is 5.88 Å². The van der Waals surface area contributed by atoms with Gasteiger partial charge in [0, 0.05) is 30.7 Å². The van der Waals surface area contributed by atoms with E-state index >= 15 is 0 Å². The van der Waals surface area contributed by atoms with Crippen molar-refractivity contribution in [3.8, 4) is 5.88 Å². The van der Waals surface area contributed by atoms with E-state index in [0.717, 1.165) is 0 Å². The minimum Gasteiger partial charge on any atom is -0.476 e. The number of rotatable bonds is 7. The average Bonchev–Trinajstić information content (AvgIpc) is 2.52. The number of aromatic nitrogens is 1. The molecule has 2 unspecified atom stereocenters. The van der Waals surface area contributed by atoms with E-state index in [9.17, 15) is 4.79 Å². The quantitative estimate of drug-likeness (QED) is 0.738. The first-order valence-corrected chi connectivity index (χ1v) is 8.12. The predicted octanol–water partition coefficient (Wildman–Crippen LogP) is 1.76. The Bertz CT molecular complexity index is 550. The van der Waals surface area contributed by atoms with Crippen molar-refractivity contribution >= 4 is 17.5 Å². The summed E-state index contributed by atoms with van der Waals surface area (Å²) in [7, 11) is 0. The van der Waals surface area contributed by atoms with Crippen LogP contribution < -0.4 is 15.8 Å². The Hall–Kier alpha value is -1.37. The Balaban J connectivity index is 1.78. The molecule has 23 heavy (non-hydrogen) atoms. The lowest BCUT2D eigenvalue weighted by Crippen LogP contribution is -2.75. The van der Waals surface area contributed by atoms with Gasteiger partial charge in [-0.1, -0.05) is 25.4 Å². The molecule has 2 atom stereocenters. The fourth-order valence-corrected chi connectivity index (χ4v) is 2.86. The highest BCUT2D eigenvalue weighted by Crippen LogP contribution is 2.49. The molecule has 0 spiro atoms. The minimum absolute atomic E-state index is 0.0118. The highest BCUT2D eigenvalue weighted by atomic mass is 35.5. The zero-order valence-electron chi connectivity index (χ0n) is 13.8. The molecular weight excluding hydrogens is 318 g/mol. The number of ether oxygens (including phenoxy) is 2. The van der Waals surface area contributed by atoms with Crippen molar-refractivity contribution in [3.63, 3.8) is 0 Å². The molecule has 128 valence electrons. The number of carbonyl (C=O) groups excluding carboxylic acids is 1. The van der Waals surface area contributed by atoms with E-state index in [1.165, 1.54) is 6.20 Å². The molecule has 3 N–H and O–H groups in total. The lowest BCUT2D eigenvalue weighted by molar-refractivity contribution is -0.170. The summed E-state index contributed by atoms with van der Waals surface area (Å²) in [4.78, 5) is 16.4. The first-order valence-electron chi connectivity index (χ1n) is 7.74. The minimum atomic E-state index is -0.911. The van der Waals surface area contributed by atoms with Crippen LogP contribution in [0, 0.1) is 5.41 Å². The van der Waals surface area contributed by atoms with Crippen molar-refractivity contribution in [1.29, 1.82) is 0 Å². The van der Waals surface area contributed by atoms with Crippen LogP contribution in [0.25, 0.3) is 0 Å². The third-order valence-electron chi connectivity index (χ3n) is 4.57. The second kappa shape index (κ2) is 7.03. The van der Waals surface area contributed by atoms with Gasteiger partial charge in [0.25, 0.3) is 0 Å². The molecule has 1 aromatic rings. The average molecular weight is 342 g/mol. The number of hydrogen-bond acceptors (Lipinski definition) is 5. The highest BCUT2D eigenvalue weighted by Gasteiger charge is 2.62. The summed E-state index contributed by atoms with van der Waals surface area (Å²) in [6.07, 6.45) is 2.05. The van der Waals surface area contributed by atoms with E-state index < -0.39 is 11.0 Å². The molecule has 1 aromatic heterocycles. The van der Waals surface area contributed by atoms with Crippen LogP contribution in [-0.4, -0.2) is 42.3 Å². The first-order chi connectivity index (χ1) is 10.8. The smallest absolute Gasteiger partial charge is 0.240 e. The fraction of sp³-hybridized carbons (Fsp3) is 0.625. The molecule has 7 heteroatoms. The summed E-state index contributed by atoms with van der Waals surface area (Å²) >= 11 is 5.75. The normalized spacial score (nSPS) is 25.5. The van der Waals surface area contributed by atoms with Crippen LogP contribution in [0.3, 0.4) is 0 Å². The summed E-state index contributed by atoms with van der Waals surface area (Å²) in [5.74, 6) is 0.289. The van der Waals surface area contributed by atoms with Gasteiger partial charge in [-0.2, -0.15) is 0 Å². The first kappa shape index (κ1) is 18.0. The van der Waals surface area contributed by atoms with Gasteiger partial charge in [0.15, 0.2) is 0 Å². The zero-order valence-corrected chi connectivity index (χ0v) is 14.5. The number of carbonyl (C=O) groups is 1. The monoisotopic (exact) mass is 341 g/mol. The van der Waals surface area contributed by atoms with Crippen molar-refractivity contribution < 1.29 is 14.3 Å². The molecule has 1 amide bonds. The van der Waals surface area contributed by atoms with Gasteiger partial charge in [0.05, 0.1) is 17.7 Å². The number of halogens is 1. The lowest BCUT2D eigenvalue weighted by Gasteiger charge is -2.57. The number of amides is 1. The lowest BCUT2D eigenvalue weighted by atomic mass is 9.54. The molecule has 0 saturated heterocycles. The van der Waals surface area contributed by atoms with Crippen LogP contribution in [-0.2, 0) is 9.53 Å². The summed E-state index contributed by atoms with van der Waals surface area (Å²) in [5.41, 5.74) is 4.99. The van der Waals surface area contributed by atoms with E-state index in [-0.39, 0.29) is 12.0 Å². The Morgan fingerprint density at radius 2 is 2.26 bits per heavy atom. The molecule has 6 nitrogen and oxygen atoms in total. The van der Waals surface area contributed by atoms with Gasteiger partial charge in [-0.15, -0.1) is 0 Å². The van der Waals surface area contributed by atoms with Crippen LogP contribution in [0.4, 0.5) is 0 Å². The van der Waals surface area contributed by atoms with Crippen molar-refractivity contribution in [1.82, 2.24) is 10.3 Å². The Kier molecular flexibility index (Phi) is 5.49. The Morgan fingerprint density at radius 1 is 1.52 bits per heavy atom. The topological polar surface area (TPSA) is 86.5 Å². The SMILES string of the molecule is CCOC1CC(N)(C(=O)NCCOc2ccc(Cl)cn2)C1(C)C. The van der Waals surface area contributed by atoms with Gasteiger partial charge in [-0.05, 0) is 13.0 Å². The Labute approximate surface area is 141 Å². The van der Waals surface area contributed by atoms with E-state index in [1.54, 1.807) is 12.1 Å². The van der Waals surface area contributed by atoms with Crippen LogP contribution in [0.15, 0.2) is 18.3 Å². The predicted molar refractivity (Wildman–Crippen MR) is 88.5 cm³/mol. The molecule has 0 bridgehead atoms. The van der Waals surface area contributed by atoms with Gasteiger partial charge in [0.1, 0.15) is 12.1 Å². The van der Waals surface area contributed by atoms with Gasteiger partial charge < -0.3 is 20.5 Å². The number of pyridine rings is 1. The molecule has 1 heterocycles. The molecule has 0 radical (unpaired) electrons. The van der Waals surface area contributed by atoms with E-state index in [1.807, 2.05) is 20.8 Å². The number of nitrogens with one attached hydrogen (secondary N) is 1. The molecule has 1 saturated carbocycles. The fourth-order valence-electron chi connectivity index (χ4n) is 2.75. The van der Waals surface area contributed by atoms with Crippen LogP contribution in [0.2, 0.25) is 5.02 Å². The van der Waals surface area contributed by atoms with Gasteiger partial charge >= 0.3 is 0 Å². The molecule has 1 fully saturated rings. The standard InChI is InChI=1S/C16H24ClN3O3/c1-4-22-12-9-16(18,15(12,2)3)14(21)19-7-8-23-13-6-5-11(17)10-20-13/h5-6,10,12H,4,7-9,18H2,1-3H3,(H,19,21). The second-order valence-electron chi connectivity index (χ2n) is 6.26. The van der Waals surface area contributed by atoms with E-state index in [4.69, 9.17) is 26.8 Å². The number of nitrogens with zero attached hydrogens (tertiary/aromatic N) is 1. The molecule has 2 rings (SSSR count). The number of nitrogens with two attached hydrogens (primary N) is 1. The van der Waals surface area contributed by atoms with E-state index in [0.29, 0.717) is 37.1 Å². The molecular formula is C16H24ClN3O3. The largest absolute Gasteiger partial charge is 0.476 e. The van der Waals surface area contributed by atoms with Gasteiger partial charge in [-0.25, -0.2) is 4.98 Å².